The molecule has 0 aliphatic carbocycles. The Morgan fingerprint density at radius 3 is 2.75 bits per heavy atom. The Balaban J connectivity index is 2.11. The van der Waals surface area contributed by atoms with E-state index in [9.17, 15) is 0 Å². The highest BCUT2D eigenvalue weighted by atomic mass is 16.4. The third-order valence-electron chi connectivity index (χ3n) is 3.91. The highest BCUT2D eigenvalue weighted by molar-refractivity contribution is 6.01. The highest BCUT2D eigenvalue weighted by Crippen LogP contribution is 2.19. The van der Waals surface area contributed by atoms with Crippen molar-refractivity contribution in [2.75, 3.05) is 31.1 Å². The van der Waals surface area contributed by atoms with Crippen LogP contribution in [0.25, 0.3) is 0 Å². The first-order chi connectivity index (χ1) is 9.67. The quantitative estimate of drug-likeness (QED) is 0.360. The van der Waals surface area contributed by atoms with Crippen molar-refractivity contribution in [2.24, 2.45) is 10.9 Å². The molecule has 7 nitrogen and oxygen atoms in total. The molecule has 2 rings (SSSR count). The molecule has 1 aromatic heterocycles. The fraction of sp³-hybridized carbons (Fsp3) is 0.615. The van der Waals surface area contributed by atoms with Gasteiger partial charge in [0.25, 0.3) is 0 Å². The second-order valence-electron chi connectivity index (χ2n) is 5.03. The van der Waals surface area contributed by atoms with Crippen LogP contribution in [0, 0.1) is 0 Å². The molecule has 1 aliphatic heterocycles. The van der Waals surface area contributed by atoms with Crippen LogP contribution >= 0.6 is 0 Å². The Bertz CT molecular complexity index is 470. The van der Waals surface area contributed by atoms with Gasteiger partial charge in [-0.25, -0.2) is 0 Å². The summed E-state index contributed by atoms with van der Waals surface area (Å²) in [5, 5.41) is 20.0. The fourth-order valence-corrected chi connectivity index (χ4v) is 2.44. The zero-order chi connectivity index (χ0) is 14.5. The van der Waals surface area contributed by atoms with Gasteiger partial charge in [0.05, 0.1) is 11.8 Å². The van der Waals surface area contributed by atoms with E-state index in [0.29, 0.717) is 17.4 Å². The maximum atomic E-state index is 8.85. The molecule has 1 aliphatic rings. The summed E-state index contributed by atoms with van der Waals surface area (Å²) in [6.45, 7) is 8.17. The number of nitrogens with zero attached hydrogens (tertiary/aromatic N) is 5. The molecule has 110 valence electrons. The second-order valence-corrected chi connectivity index (χ2v) is 5.03. The Labute approximate surface area is 119 Å². The summed E-state index contributed by atoms with van der Waals surface area (Å²) < 4.78 is 0. The summed E-state index contributed by atoms with van der Waals surface area (Å²) in [6.07, 6.45) is 2.70. The van der Waals surface area contributed by atoms with Crippen molar-refractivity contribution in [2.45, 2.75) is 26.3 Å². The number of piperazine rings is 1. The number of anilines is 1. The van der Waals surface area contributed by atoms with E-state index in [4.69, 9.17) is 10.9 Å². The number of amidine groups is 1. The van der Waals surface area contributed by atoms with Gasteiger partial charge in [0, 0.05) is 32.2 Å². The second kappa shape index (κ2) is 6.51. The van der Waals surface area contributed by atoms with Crippen LogP contribution in [0.4, 0.5) is 5.82 Å². The van der Waals surface area contributed by atoms with Gasteiger partial charge in [-0.05, 0) is 19.4 Å². The molecule has 1 fully saturated rings. The number of oxime groups is 1. The van der Waals surface area contributed by atoms with Crippen LogP contribution < -0.4 is 10.6 Å². The maximum absolute atomic E-state index is 8.85. The molecule has 1 aromatic rings. The summed E-state index contributed by atoms with van der Waals surface area (Å²) >= 11 is 0. The minimum atomic E-state index is 0.0688. The monoisotopic (exact) mass is 278 g/mol. The Morgan fingerprint density at radius 1 is 1.45 bits per heavy atom. The summed E-state index contributed by atoms with van der Waals surface area (Å²) in [5.41, 5.74) is 6.32. The molecule has 0 radical (unpaired) electrons. The number of aromatic nitrogens is 2. The van der Waals surface area contributed by atoms with Crippen LogP contribution in [0.3, 0.4) is 0 Å². The van der Waals surface area contributed by atoms with Crippen LogP contribution in [-0.2, 0) is 0 Å². The normalized spacial score (nSPS) is 19.1. The SMILES string of the molecule is CCC(C)N1CCN(c2nnccc2/C(N)=N/O)CC1. The lowest BCUT2D eigenvalue weighted by atomic mass is 10.1. The first kappa shape index (κ1) is 14.5. The lowest BCUT2D eigenvalue weighted by molar-refractivity contribution is 0.192. The Morgan fingerprint density at radius 2 is 2.15 bits per heavy atom. The van der Waals surface area contributed by atoms with Gasteiger partial charge >= 0.3 is 0 Å². The molecular weight excluding hydrogens is 256 g/mol. The molecule has 1 atom stereocenters. The largest absolute Gasteiger partial charge is 0.409 e. The summed E-state index contributed by atoms with van der Waals surface area (Å²) in [4.78, 5) is 4.61. The van der Waals surface area contributed by atoms with E-state index in [1.165, 1.54) is 0 Å². The van der Waals surface area contributed by atoms with Gasteiger partial charge in [-0.1, -0.05) is 12.1 Å². The molecule has 0 amide bonds. The fourth-order valence-electron chi connectivity index (χ4n) is 2.44. The molecule has 0 spiro atoms. The van der Waals surface area contributed by atoms with Gasteiger partial charge in [-0.3, -0.25) is 4.90 Å². The van der Waals surface area contributed by atoms with Gasteiger partial charge in [0.2, 0.25) is 0 Å². The lowest BCUT2D eigenvalue weighted by Crippen LogP contribution is -2.50. The van der Waals surface area contributed by atoms with Crippen molar-refractivity contribution in [1.29, 1.82) is 0 Å². The molecule has 3 N–H and O–H groups in total. The van der Waals surface area contributed by atoms with E-state index in [1.807, 2.05) is 0 Å². The number of nitrogens with two attached hydrogens (primary N) is 1. The molecule has 1 saturated heterocycles. The van der Waals surface area contributed by atoms with Crippen molar-refractivity contribution in [3.8, 4) is 0 Å². The topological polar surface area (TPSA) is 90.9 Å². The standard InChI is InChI=1S/C13H22N6O/c1-3-10(2)18-6-8-19(9-7-18)13-11(12(14)17-20)4-5-15-16-13/h4-5,10,20H,3,6-9H2,1-2H3,(H2,14,17). The van der Waals surface area contributed by atoms with E-state index in [2.05, 4.69) is 39.0 Å². The van der Waals surface area contributed by atoms with E-state index < -0.39 is 0 Å². The first-order valence-electron chi connectivity index (χ1n) is 6.96. The van der Waals surface area contributed by atoms with E-state index >= 15 is 0 Å². The highest BCUT2D eigenvalue weighted by Gasteiger charge is 2.23. The number of hydrogen-bond acceptors (Lipinski definition) is 6. The van der Waals surface area contributed by atoms with Gasteiger partial charge < -0.3 is 15.8 Å². The zero-order valence-electron chi connectivity index (χ0n) is 12.0. The third kappa shape index (κ3) is 2.98. The van der Waals surface area contributed by atoms with Gasteiger partial charge in [0.1, 0.15) is 0 Å². The average Bonchev–Trinajstić information content (AvgIpc) is 2.53. The van der Waals surface area contributed by atoms with Crippen LogP contribution in [0.5, 0.6) is 0 Å². The van der Waals surface area contributed by atoms with Crippen molar-refractivity contribution in [3.05, 3.63) is 17.8 Å². The van der Waals surface area contributed by atoms with E-state index in [-0.39, 0.29) is 5.84 Å². The molecule has 0 aromatic carbocycles. The molecule has 2 heterocycles. The van der Waals surface area contributed by atoms with Crippen LogP contribution in [0.1, 0.15) is 25.8 Å². The van der Waals surface area contributed by atoms with Gasteiger partial charge in [0.15, 0.2) is 11.7 Å². The molecule has 1 unspecified atom stereocenters. The van der Waals surface area contributed by atoms with Gasteiger partial charge in [-0.15, -0.1) is 5.10 Å². The smallest absolute Gasteiger partial charge is 0.173 e. The minimum absolute atomic E-state index is 0.0688. The van der Waals surface area contributed by atoms with Crippen LogP contribution in [-0.4, -0.2) is 58.4 Å². The van der Waals surface area contributed by atoms with Crippen molar-refractivity contribution < 1.29 is 5.21 Å². The van der Waals surface area contributed by atoms with E-state index in [0.717, 1.165) is 32.6 Å². The predicted octanol–water partition coefficient (Wildman–Crippen LogP) is 0.492. The maximum Gasteiger partial charge on any atom is 0.173 e. The third-order valence-corrected chi connectivity index (χ3v) is 3.91. The minimum Gasteiger partial charge on any atom is -0.409 e. The molecule has 0 bridgehead atoms. The van der Waals surface area contributed by atoms with Crippen LogP contribution in [0.2, 0.25) is 0 Å². The van der Waals surface area contributed by atoms with E-state index in [1.54, 1.807) is 12.3 Å². The van der Waals surface area contributed by atoms with Crippen LogP contribution in [0.15, 0.2) is 17.4 Å². The van der Waals surface area contributed by atoms with Crippen molar-refractivity contribution in [1.82, 2.24) is 15.1 Å². The molecule has 7 heteroatoms. The van der Waals surface area contributed by atoms with Crippen molar-refractivity contribution >= 4 is 11.7 Å². The summed E-state index contributed by atoms with van der Waals surface area (Å²) in [5.74, 6) is 0.755. The average molecular weight is 278 g/mol. The molecule has 0 saturated carbocycles. The Kier molecular flexibility index (Phi) is 4.73. The lowest BCUT2D eigenvalue weighted by Gasteiger charge is -2.38. The Hall–Kier alpha value is -1.89. The summed E-state index contributed by atoms with van der Waals surface area (Å²) in [6, 6.07) is 2.32. The summed E-state index contributed by atoms with van der Waals surface area (Å²) in [7, 11) is 0. The number of hydrogen-bond donors (Lipinski definition) is 2. The first-order valence-corrected chi connectivity index (χ1v) is 6.96. The predicted molar refractivity (Wildman–Crippen MR) is 78.1 cm³/mol. The van der Waals surface area contributed by atoms with Crippen molar-refractivity contribution in [3.63, 3.8) is 0 Å². The molecule has 20 heavy (non-hydrogen) atoms. The molecular formula is C13H22N6O. The zero-order valence-corrected chi connectivity index (χ0v) is 12.0. The number of rotatable bonds is 4. The van der Waals surface area contributed by atoms with Gasteiger partial charge in [-0.2, -0.15) is 5.10 Å².